The molecule has 0 amide bonds. The first-order valence-corrected chi connectivity index (χ1v) is 7.40. The fraction of sp³-hybridized carbons (Fsp3) is 0.235. The molecule has 1 atom stereocenters. The minimum Gasteiger partial charge on any atom is -0.399 e. The first-order valence-electron chi connectivity index (χ1n) is 7.02. The van der Waals surface area contributed by atoms with Crippen molar-refractivity contribution >= 4 is 23.1 Å². The van der Waals surface area contributed by atoms with Crippen LogP contribution in [0.3, 0.4) is 0 Å². The van der Waals surface area contributed by atoms with Crippen molar-refractivity contribution in [3.05, 3.63) is 64.2 Å². The van der Waals surface area contributed by atoms with E-state index < -0.39 is 0 Å². The van der Waals surface area contributed by atoms with E-state index >= 15 is 0 Å². The molecule has 0 radical (unpaired) electrons. The van der Waals surface area contributed by atoms with Crippen LogP contribution in [-0.2, 0) is 17.6 Å². The van der Waals surface area contributed by atoms with Crippen molar-refractivity contribution in [3.63, 3.8) is 0 Å². The zero-order chi connectivity index (χ0) is 14.8. The van der Waals surface area contributed by atoms with E-state index in [9.17, 15) is 4.79 Å². The van der Waals surface area contributed by atoms with Gasteiger partial charge in [0, 0.05) is 23.7 Å². The van der Waals surface area contributed by atoms with Gasteiger partial charge in [-0.1, -0.05) is 29.8 Å². The number of carbonyl (C=O) groups excluding carboxylic acids is 1. The van der Waals surface area contributed by atoms with E-state index in [-0.39, 0.29) is 11.8 Å². The van der Waals surface area contributed by atoms with Crippen LogP contribution in [-0.4, -0.2) is 12.3 Å². The van der Waals surface area contributed by atoms with Gasteiger partial charge in [-0.2, -0.15) is 0 Å². The Kier molecular flexibility index (Phi) is 3.95. The summed E-state index contributed by atoms with van der Waals surface area (Å²) in [5.41, 5.74) is 9.72. The molecule has 0 fully saturated rings. The SMILES string of the molecule is Nc1ccc2c(c1)CCNC2C(=O)Cc1cccc(Cl)c1. The molecule has 1 aliphatic rings. The highest BCUT2D eigenvalue weighted by atomic mass is 35.5. The van der Waals surface area contributed by atoms with E-state index in [0.717, 1.165) is 35.3 Å². The molecular weight excluding hydrogens is 284 g/mol. The van der Waals surface area contributed by atoms with Crippen LogP contribution in [0.5, 0.6) is 0 Å². The molecular formula is C17H17ClN2O. The summed E-state index contributed by atoms with van der Waals surface area (Å²) in [6.45, 7) is 0.794. The van der Waals surface area contributed by atoms with Gasteiger partial charge in [0.05, 0.1) is 6.04 Å². The van der Waals surface area contributed by atoms with Gasteiger partial charge in [0.2, 0.25) is 0 Å². The molecule has 1 aliphatic heterocycles. The number of ketones is 1. The third kappa shape index (κ3) is 3.09. The largest absolute Gasteiger partial charge is 0.399 e. The smallest absolute Gasteiger partial charge is 0.158 e. The quantitative estimate of drug-likeness (QED) is 0.857. The number of fused-ring (bicyclic) bond motifs is 1. The maximum atomic E-state index is 12.6. The van der Waals surface area contributed by atoms with Crippen LogP contribution in [0.25, 0.3) is 0 Å². The molecule has 1 heterocycles. The van der Waals surface area contributed by atoms with Gasteiger partial charge < -0.3 is 11.1 Å². The van der Waals surface area contributed by atoms with Gasteiger partial charge in [0.15, 0.2) is 5.78 Å². The molecule has 2 aromatic carbocycles. The van der Waals surface area contributed by atoms with Gasteiger partial charge in [0.25, 0.3) is 0 Å². The lowest BCUT2D eigenvalue weighted by molar-refractivity contribution is -0.120. The molecule has 0 spiro atoms. The lowest BCUT2D eigenvalue weighted by Crippen LogP contribution is -2.36. The number of benzene rings is 2. The molecule has 3 nitrogen and oxygen atoms in total. The molecule has 0 saturated heterocycles. The summed E-state index contributed by atoms with van der Waals surface area (Å²) in [5.74, 6) is 0.156. The number of halogens is 1. The highest BCUT2D eigenvalue weighted by Crippen LogP contribution is 2.26. The summed E-state index contributed by atoms with van der Waals surface area (Å²) in [5, 5.41) is 3.96. The summed E-state index contributed by atoms with van der Waals surface area (Å²) >= 11 is 5.97. The van der Waals surface area contributed by atoms with E-state index in [1.807, 2.05) is 42.5 Å². The number of nitrogens with one attached hydrogen (secondary N) is 1. The van der Waals surface area contributed by atoms with Crippen molar-refractivity contribution in [2.75, 3.05) is 12.3 Å². The third-order valence-electron chi connectivity index (χ3n) is 3.81. The molecule has 0 saturated carbocycles. The second-order valence-electron chi connectivity index (χ2n) is 5.37. The summed E-state index contributed by atoms with van der Waals surface area (Å²) in [7, 11) is 0. The average Bonchev–Trinajstić information content (AvgIpc) is 2.46. The van der Waals surface area contributed by atoms with Crippen molar-refractivity contribution in [1.82, 2.24) is 5.32 Å². The van der Waals surface area contributed by atoms with Crippen LogP contribution in [0.15, 0.2) is 42.5 Å². The van der Waals surface area contributed by atoms with Crippen LogP contribution < -0.4 is 11.1 Å². The minimum absolute atomic E-state index is 0.156. The normalized spacial score (nSPS) is 17.3. The predicted octanol–water partition coefficient (Wildman–Crippen LogP) is 2.92. The highest BCUT2D eigenvalue weighted by Gasteiger charge is 2.25. The number of nitrogen functional groups attached to an aromatic ring is 1. The van der Waals surface area contributed by atoms with Gasteiger partial charge in [-0.3, -0.25) is 4.79 Å². The van der Waals surface area contributed by atoms with Crippen LogP contribution in [0.2, 0.25) is 5.02 Å². The monoisotopic (exact) mass is 300 g/mol. The Morgan fingerprint density at radius 3 is 2.95 bits per heavy atom. The molecule has 21 heavy (non-hydrogen) atoms. The van der Waals surface area contributed by atoms with E-state index in [0.29, 0.717) is 11.4 Å². The van der Waals surface area contributed by atoms with Crippen molar-refractivity contribution in [2.24, 2.45) is 0 Å². The number of rotatable bonds is 3. The summed E-state index contributed by atoms with van der Waals surface area (Å²) in [6, 6.07) is 13.0. The molecule has 0 bridgehead atoms. The second-order valence-corrected chi connectivity index (χ2v) is 5.80. The Morgan fingerprint density at radius 1 is 1.29 bits per heavy atom. The average molecular weight is 301 g/mol. The number of hydrogen-bond acceptors (Lipinski definition) is 3. The molecule has 3 N–H and O–H groups in total. The van der Waals surface area contributed by atoms with Gasteiger partial charge in [-0.15, -0.1) is 0 Å². The van der Waals surface area contributed by atoms with E-state index in [1.54, 1.807) is 0 Å². The summed E-state index contributed by atoms with van der Waals surface area (Å²) in [4.78, 5) is 12.6. The van der Waals surface area contributed by atoms with Crippen molar-refractivity contribution in [3.8, 4) is 0 Å². The lowest BCUT2D eigenvalue weighted by Gasteiger charge is -2.26. The second kappa shape index (κ2) is 5.88. The molecule has 2 aromatic rings. The number of nitrogens with two attached hydrogens (primary N) is 1. The highest BCUT2D eigenvalue weighted by molar-refractivity contribution is 6.30. The maximum Gasteiger partial charge on any atom is 0.158 e. The standard InChI is InChI=1S/C17H17ClN2O/c18-13-3-1-2-11(8-13)9-16(21)17-15-5-4-14(19)10-12(15)6-7-20-17/h1-5,8,10,17,20H,6-7,9,19H2. The number of Topliss-reactive ketones (excluding diaryl/α,β-unsaturated/α-hetero) is 1. The lowest BCUT2D eigenvalue weighted by atomic mass is 9.89. The summed E-state index contributed by atoms with van der Waals surface area (Å²) in [6.07, 6.45) is 1.28. The van der Waals surface area contributed by atoms with Crippen molar-refractivity contribution in [2.45, 2.75) is 18.9 Å². The zero-order valence-electron chi connectivity index (χ0n) is 11.6. The molecule has 0 aliphatic carbocycles. The van der Waals surface area contributed by atoms with E-state index in [4.69, 9.17) is 17.3 Å². The van der Waals surface area contributed by atoms with Crippen LogP contribution >= 0.6 is 11.6 Å². The fourth-order valence-corrected chi connectivity index (χ4v) is 3.04. The maximum absolute atomic E-state index is 12.6. The molecule has 4 heteroatoms. The number of hydrogen-bond donors (Lipinski definition) is 2. The van der Waals surface area contributed by atoms with Crippen molar-refractivity contribution in [1.29, 1.82) is 0 Å². The first kappa shape index (κ1) is 14.1. The van der Waals surface area contributed by atoms with Crippen molar-refractivity contribution < 1.29 is 4.79 Å². The summed E-state index contributed by atoms with van der Waals surface area (Å²) < 4.78 is 0. The van der Waals surface area contributed by atoms with Crippen LogP contribution in [0.4, 0.5) is 5.69 Å². The first-order chi connectivity index (χ1) is 10.1. The van der Waals surface area contributed by atoms with Crippen LogP contribution in [0.1, 0.15) is 22.7 Å². The number of anilines is 1. The predicted molar refractivity (Wildman–Crippen MR) is 85.5 cm³/mol. The third-order valence-corrected chi connectivity index (χ3v) is 4.05. The molecule has 108 valence electrons. The van der Waals surface area contributed by atoms with Gasteiger partial charge in [0.1, 0.15) is 0 Å². The van der Waals surface area contributed by atoms with Gasteiger partial charge in [-0.25, -0.2) is 0 Å². The molecule has 0 aromatic heterocycles. The van der Waals surface area contributed by atoms with Gasteiger partial charge in [-0.05, 0) is 47.4 Å². The topological polar surface area (TPSA) is 55.1 Å². The van der Waals surface area contributed by atoms with E-state index in [2.05, 4.69) is 5.32 Å². The Balaban J connectivity index is 1.83. The van der Waals surface area contributed by atoms with Crippen LogP contribution in [0, 0.1) is 0 Å². The minimum atomic E-state index is -0.256. The fourth-order valence-electron chi connectivity index (χ4n) is 2.82. The van der Waals surface area contributed by atoms with E-state index in [1.165, 1.54) is 0 Å². The van der Waals surface area contributed by atoms with Gasteiger partial charge >= 0.3 is 0 Å². The Morgan fingerprint density at radius 2 is 2.14 bits per heavy atom. The Labute approximate surface area is 129 Å². The number of carbonyl (C=O) groups is 1. The Bertz CT molecular complexity index is 684. The Hall–Kier alpha value is -1.84. The zero-order valence-corrected chi connectivity index (χ0v) is 12.4. The molecule has 3 rings (SSSR count). The molecule has 1 unspecified atom stereocenters.